The van der Waals surface area contributed by atoms with Crippen LogP contribution in [0.4, 0.5) is 0 Å². The molecule has 0 heterocycles. The van der Waals surface area contributed by atoms with Crippen molar-refractivity contribution >= 4 is 5.97 Å². The van der Waals surface area contributed by atoms with Crippen molar-refractivity contribution in [2.45, 2.75) is 13.3 Å². The number of hydrogen-bond donors (Lipinski definition) is 1. The molecule has 1 N–H and O–H groups in total. The zero-order chi connectivity index (χ0) is 9.68. The van der Waals surface area contributed by atoms with Crippen LogP contribution in [0.3, 0.4) is 0 Å². The quantitative estimate of drug-likeness (QED) is 0.715. The standard InChI is InChI=1S/C10H13NO2/c1-3-8-4-6-9(7-5-8)10(12)13-11-2/h4-7,11H,3H2,1-2H3. The van der Waals surface area contributed by atoms with Gasteiger partial charge in [0.05, 0.1) is 5.56 Å². The van der Waals surface area contributed by atoms with Crippen LogP contribution in [0, 0.1) is 0 Å². The maximum atomic E-state index is 11.2. The van der Waals surface area contributed by atoms with Gasteiger partial charge in [0.2, 0.25) is 0 Å². The van der Waals surface area contributed by atoms with Gasteiger partial charge in [-0.25, -0.2) is 4.79 Å². The molecule has 0 radical (unpaired) electrons. The van der Waals surface area contributed by atoms with E-state index in [1.54, 1.807) is 19.2 Å². The Morgan fingerprint density at radius 2 is 2.00 bits per heavy atom. The Balaban J connectivity index is 2.74. The summed E-state index contributed by atoms with van der Waals surface area (Å²) in [6.45, 7) is 2.07. The van der Waals surface area contributed by atoms with Crippen molar-refractivity contribution in [2.75, 3.05) is 7.05 Å². The average molecular weight is 179 g/mol. The third-order valence-corrected chi connectivity index (χ3v) is 1.79. The molecule has 1 aromatic rings. The zero-order valence-electron chi connectivity index (χ0n) is 7.83. The van der Waals surface area contributed by atoms with Crippen LogP contribution in [0.2, 0.25) is 0 Å². The van der Waals surface area contributed by atoms with Crippen LogP contribution < -0.4 is 5.48 Å². The van der Waals surface area contributed by atoms with Gasteiger partial charge in [0.15, 0.2) is 0 Å². The summed E-state index contributed by atoms with van der Waals surface area (Å²) >= 11 is 0. The molecule has 0 aromatic heterocycles. The van der Waals surface area contributed by atoms with E-state index in [0.717, 1.165) is 6.42 Å². The van der Waals surface area contributed by atoms with E-state index in [0.29, 0.717) is 5.56 Å². The van der Waals surface area contributed by atoms with Crippen LogP contribution in [-0.2, 0) is 11.3 Å². The average Bonchev–Trinajstić information content (AvgIpc) is 2.18. The number of hydroxylamine groups is 1. The van der Waals surface area contributed by atoms with Gasteiger partial charge in [0, 0.05) is 7.05 Å². The Morgan fingerprint density at radius 3 is 2.46 bits per heavy atom. The lowest BCUT2D eigenvalue weighted by molar-refractivity contribution is 0.0310. The number of hydrogen-bond acceptors (Lipinski definition) is 3. The molecule has 70 valence electrons. The van der Waals surface area contributed by atoms with Gasteiger partial charge in [0.25, 0.3) is 0 Å². The molecule has 1 rings (SSSR count). The molecule has 3 nitrogen and oxygen atoms in total. The maximum absolute atomic E-state index is 11.2. The molecule has 0 aliphatic rings. The Labute approximate surface area is 77.7 Å². The Hall–Kier alpha value is -1.35. The summed E-state index contributed by atoms with van der Waals surface area (Å²) in [6.07, 6.45) is 0.974. The normalized spacial score (nSPS) is 9.69. The molecule has 0 bridgehead atoms. The largest absolute Gasteiger partial charge is 0.367 e. The summed E-state index contributed by atoms with van der Waals surface area (Å²) in [7, 11) is 1.55. The summed E-state index contributed by atoms with van der Waals surface area (Å²) in [4.78, 5) is 15.8. The minimum Gasteiger partial charge on any atom is -0.367 e. The molecular formula is C10H13NO2. The van der Waals surface area contributed by atoms with Crippen LogP contribution in [0.1, 0.15) is 22.8 Å². The first-order chi connectivity index (χ1) is 6.27. The summed E-state index contributed by atoms with van der Waals surface area (Å²) in [6, 6.07) is 7.37. The molecule has 0 fully saturated rings. The smallest absolute Gasteiger partial charge is 0.356 e. The van der Waals surface area contributed by atoms with E-state index >= 15 is 0 Å². The van der Waals surface area contributed by atoms with E-state index in [9.17, 15) is 4.79 Å². The highest BCUT2D eigenvalue weighted by Gasteiger charge is 2.04. The SMILES string of the molecule is CCc1ccc(C(=O)ONC)cc1. The maximum Gasteiger partial charge on any atom is 0.356 e. The summed E-state index contributed by atoms with van der Waals surface area (Å²) in [5.41, 5.74) is 4.12. The van der Waals surface area contributed by atoms with Crippen molar-refractivity contribution in [2.24, 2.45) is 0 Å². The summed E-state index contributed by atoms with van der Waals surface area (Å²) in [5.74, 6) is -0.356. The predicted molar refractivity (Wildman–Crippen MR) is 50.3 cm³/mol. The summed E-state index contributed by atoms with van der Waals surface area (Å²) < 4.78 is 0. The van der Waals surface area contributed by atoms with E-state index in [1.165, 1.54) is 5.56 Å². The van der Waals surface area contributed by atoms with Gasteiger partial charge < -0.3 is 4.84 Å². The molecule has 0 aliphatic heterocycles. The van der Waals surface area contributed by atoms with E-state index in [-0.39, 0.29) is 5.97 Å². The molecule has 0 atom stereocenters. The fourth-order valence-corrected chi connectivity index (χ4v) is 1.03. The fraction of sp³-hybridized carbons (Fsp3) is 0.300. The van der Waals surface area contributed by atoms with Gasteiger partial charge in [-0.1, -0.05) is 19.1 Å². The number of rotatable bonds is 3. The van der Waals surface area contributed by atoms with Crippen LogP contribution in [0.15, 0.2) is 24.3 Å². The van der Waals surface area contributed by atoms with E-state index in [2.05, 4.69) is 17.2 Å². The minimum absolute atomic E-state index is 0.356. The van der Waals surface area contributed by atoms with Gasteiger partial charge in [-0.2, -0.15) is 5.48 Å². The van der Waals surface area contributed by atoms with Gasteiger partial charge in [0.1, 0.15) is 0 Å². The topological polar surface area (TPSA) is 38.3 Å². The monoisotopic (exact) mass is 179 g/mol. The number of carbonyl (C=O) groups excluding carboxylic acids is 1. The fourth-order valence-electron chi connectivity index (χ4n) is 1.03. The van der Waals surface area contributed by atoms with Gasteiger partial charge >= 0.3 is 5.97 Å². The molecule has 0 aliphatic carbocycles. The highest BCUT2D eigenvalue weighted by Crippen LogP contribution is 2.05. The molecule has 0 amide bonds. The van der Waals surface area contributed by atoms with Crippen molar-refractivity contribution in [3.05, 3.63) is 35.4 Å². The second-order valence-corrected chi connectivity index (χ2v) is 2.64. The van der Waals surface area contributed by atoms with Crippen LogP contribution in [0.5, 0.6) is 0 Å². The molecule has 0 saturated heterocycles. The van der Waals surface area contributed by atoms with Gasteiger partial charge in [-0.3, -0.25) is 0 Å². The Kier molecular flexibility index (Phi) is 3.46. The first-order valence-electron chi connectivity index (χ1n) is 4.24. The lowest BCUT2D eigenvalue weighted by Crippen LogP contribution is -2.14. The van der Waals surface area contributed by atoms with Crippen molar-refractivity contribution in [3.63, 3.8) is 0 Å². The van der Waals surface area contributed by atoms with Crippen LogP contribution >= 0.6 is 0 Å². The highest BCUT2D eigenvalue weighted by atomic mass is 16.7. The summed E-state index contributed by atoms with van der Waals surface area (Å²) in [5, 5.41) is 0. The molecule has 0 saturated carbocycles. The first-order valence-corrected chi connectivity index (χ1v) is 4.24. The molecular weight excluding hydrogens is 166 g/mol. The first kappa shape index (κ1) is 9.74. The molecule has 13 heavy (non-hydrogen) atoms. The van der Waals surface area contributed by atoms with Crippen molar-refractivity contribution < 1.29 is 9.63 Å². The third-order valence-electron chi connectivity index (χ3n) is 1.79. The Bertz CT molecular complexity index is 279. The van der Waals surface area contributed by atoms with Crippen molar-refractivity contribution in [1.82, 2.24) is 5.48 Å². The predicted octanol–water partition coefficient (Wildman–Crippen LogP) is 1.54. The lowest BCUT2D eigenvalue weighted by Gasteiger charge is -2.01. The second-order valence-electron chi connectivity index (χ2n) is 2.64. The van der Waals surface area contributed by atoms with Crippen LogP contribution in [-0.4, -0.2) is 13.0 Å². The van der Waals surface area contributed by atoms with Crippen LogP contribution in [0.25, 0.3) is 0 Å². The second kappa shape index (κ2) is 4.62. The van der Waals surface area contributed by atoms with E-state index < -0.39 is 0 Å². The van der Waals surface area contributed by atoms with E-state index in [4.69, 9.17) is 0 Å². The Morgan fingerprint density at radius 1 is 1.38 bits per heavy atom. The number of aryl methyl sites for hydroxylation is 1. The number of nitrogens with one attached hydrogen (secondary N) is 1. The van der Waals surface area contributed by atoms with Crippen molar-refractivity contribution in [3.8, 4) is 0 Å². The molecule has 0 spiro atoms. The number of carbonyl (C=O) groups is 1. The molecule has 3 heteroatoms. The van der Waals surface area contributed by atoms with Crippen molar-refractivity contribution in [1.29, 1.82) is 0 Å². The zero-order valence-corrected chi connectivity index (χ0v) is 7.83. The van der Waals surface area contributed by atoms with E-state index in [1.807, 2.05) is 12.1 Å². The van der Waals surface area contributed by atoms with Gasteiger partial charge in [-0.15, -0.1) is 0 Å². The minimum atomic E-state index is -0.356. The molecule has 0 unspecified atom stereocenters. The third kappa shape index (κ3) is 2.56. The molecule has 1 aromatic carbocycles. The highest BCUT2D eigenvalue weighted by molar-refractivity contribution is 5.89. The number of benzene rings is 1. The van der Waals surface area contributed by atoms with Gasteiger partial charge in [-0.05, 0) is 24.1 Å². The lowest BCUT2D eigenvalue weighted by atomic mass is 10.1.